The first-order chi connectivity index (χ1) is 8.72. The standard InChI is InChI=1S/C16H14N2/c1-11-7-12(2)9-14(8-11)16-17-10-13-5-3-4-6-15(13)18-16/h3-10H,1-2H3. The van der Waals surface area contributed by atoms with Crippen LogP contribution in [0.1, 0.15) is 11.1 Å². The van der Waals surface area contributed by atoms with Gasteiger partial charge in [-0.05, 0) is 32.0 Å². The van der Waals surface area contributed by atoms with Crippen LogP contribution in [0.3, 0.4) is 0 Å². The molecule has 88 valence electrons. The summed E-state index contributed by atoms with van der Waals surface area (Å²) in [7, 11) is 0. The normalized spacial score (nSPS) is 10.8. The Labute approximate surface area is 106 Å². The largest absolute Gasteiger partial charge is 0.236 e. The zero-order chi connectivity index (χ0) is 12.5. The third-order valence-electron chi connectivity index (χ3n) is 2.97. The number of rotatable bonds is 1. The Kier molecular flexibility index (Phi) is 2.56. The minimum Gasteiger partial charge on any atom is -0.236 e. The summed E-state index contributed by atoms with van der Waals surface area (Å²) in [5, 5.41) is 1.07. The van der Waals surface area contributed by atoms with Crippen molar-refractivity contribution in [1.29, 1.82) is 0 Å². The summed E-state index contributed by atoms with van der Waals surface area (Å²) in [5.74, 6) is 0.792. The molecule has 2 heteroatoms. The molecule has 3 aromatic rings. The van der Waals surface area contributed by atoms with Gasteiger partial charge >= 0.3 is 0 Å². The molecule has 3 rings (SSSR count). The van der Waals surface area contributed by atoms with E-state index in [4.69, 9.17) is 0 Å². The predicted molar refractivity (Wildman–Crippen MR) is 74.4 cm³/mol. The van der Waals surface area contributed by atoms with Crippen molar-refractivity contribution in [1.82, 2.24) is 9.97 Å². The van der Waals surface area contributed by atoms with Crippen LogP contribution in [0.2, 0.25) is 0 Å². The highest BCUT2D eigenvalue weighted by Crippen LogP contribution is 2.20. The van der Waals surface area contributed by atoms with Crippen LogP contribution < -0.4 is 0 Å². The van der Waals surface area contributed by atoms with Gasteiger partial charge in [-0.1, -0.05) is 35.4 Å². The van der Waals surface area contributed by atoms with E-state index >= 15 is 0 Å². The maximum atomic E-state index is 4.62. The monoisotopic (exact) mass is 234 g/mol. The Bertz CT molecular complexity index is 697. The smallest absolute Gasteiger partial charge is 0.159 e. The lowest BCUT2D eigenvalue weighted by atomic mass is 10.1. The molecule has 0 fully saturated rings. The molecule has 1 aromatic heterocycles. The third kappa shape index (κ3) is 1.97. The molecule has 0 unspecified atom stereocenters. The van der Waals surface area contributed by atoms with Crippen molar-refractivity contribution in [2.24, 2.45) is 0 Å². The number of fused-ring (bicyclic) bond motifs is 1. The highest BCUT2D eigenvalue weighted by molar-refractivity contribution is 5.79. The van der Waals surface area contributed by atoms with Gasteiger partial charge in [0.1, 0.15) is 0 Å². The fourth-order valence-electron chi connectivity index (χ4n) is 2.22. The summed E-state index contributed by atoms with van der Waals surface area (Å²) in [6.45, 7) is 4.19. The molecule has 0 aliphatic carbocycles. The van der Waals surface area contributed by atoms with Crippen molar-refractivity contribution in [3.8, 4) is 11.4 Å². The van der Waals surface area contributed by atoms with E-state index < -0.39 is 0 Å². The van der Waals surface area contributed by atoms with Crippen molar-refractivity contribution in [3.05, 3.63) is 59.8 Å². The number of para-hydroxylation sites is 1. The van der Waals surface area contributed by atoms with Crippen molar-refractivity contribution in [2.45, 2.75) is 13.8 Å². The van der Waals surface area contributed by atoms with Gasteiger partial charge in [-0.3, -0.25) is 0 Å². The molecule has 0 amide bonds. The summed E-state index contributed by atoms with van der Waals surface area (Å²) >= 11 is 0. The average Bonchev–Trinajstić information content (AvgIpc) is 2.37. The third-order valence-corrected chi connectivity index (χ3v) is 2.97. The van der Waals surface area contributed by atoms with Crippen molar-refractivity contribution in [2.75, 3.05) is 0 Å². The van der Waals surface area contributed by atoms with Gasteiger partial charge in [0.25, 0.3) is 0 Å². The Balaban J connectivity index is 2.19. The van der Waals surface area contributed by atoms with E-state index in [1.807, 2.05) is 30.5 Å². The highest BCUT2D eigenvalue weighted by atomic mass is 14.9. The SMILES string of the molecule is Cc1cc(C)cc(-c2ncc3ccccc3n2)c1. The van der Waals surface area contributed by atoms with Crippen LogP contribution in [0, 0.1) is 13.8 Å². The van der Waals surface area contributed by atoms with E-state index in [9.17, 15) is 0 Å². The summed E-state index contributed by atoms with van der Waals surface area (Å²) in [6, 6.07) is 14.4. The van der Waals surface area contributed by atoms with E-state index in [2.05, 4.69) is 42.0 Å². The van der Waals surface area contributed by atoms with Crippen molar-refractivity contribution in [3.63, 3.8) is 0 Å². The summed E-state index contributed by atoms with van der Waals surface area (Å²) in [4.78, 5) is 9.06. The molecule has 0 spiro atoms. The molecule has 2 nitrogen and oxygen atoms in total. The minimum absolute atomic E-state index is 0.792. The first-order valence-electron chi connectivity index (χ1n) is 6.03. The van der Waals surface area contributed by atoms with Gasteiger partial charge in [0, 0.05) is 17.1 Å². The Morgan fingerprint density at radius 3 is 2.39 bits per heavy atom. The lowest BCUT2D eigenvalue weighted by molar-refractivity contribution is 1.22. The molecule has 0 bridgehead atoms. The van der Waals surface area contributed by atoms with Gasteiger partial charge in [-0.2, -0.15) is 0 Å². The number of benzene rings is 2. The molecule has 0 aliphatic heterocycles. The van der Waals surface area contributed by atoms with Gasteiger partial charge in [0.2, 0.25) is 0 Å². The van der Waals surface area contributed by atoms with Gasteiger partial charge in [-0.25, -0.2) is 9.97 Å². The zero-order valence-electron chi connectivity index (χ0n) is 10.5. The quantitative estimate of drug-likeness (QED) is 0.638. The minimum atomic E-state index is 0.792. The van der Waals surface area contributed by atoms with Crippen molar-refractivity contribution < 1.29 is 0 Å². The molecule has 0 atom stereocenters. The molecule has 18 heavy (non-hydrogen) atoms. The highest BCUT2D eigenvalue weighted by Gasteiger charge is 2.04. The van der Waals surface area contributed by atoms with Gasteiger partial charge in [-0.15, -0.1) is 0 Å². The topological polar surface area (TPSA) is 25.8 Å². The van der Waals surface area contributed by atoms with Crippen molar-refractivity contribution >= 4 is 10.9 Å². The fraction of sp³-hybridized carbons (Fsp3) is 0.125. The van der Waals surface area contributed by atoms with E-state index in [1.165, 1.54) is 11.1 Å². The Morgan fingerprint density at radius 2 is 1.61 bits per heavy atom. The molecular weight excluding hydrogens is 220 g/mol. The maximum absolute atomic E-state index is 4.62. The second-order valence-corrected chi connectivity index (χ2v) is 4.63. The lowest BCUT2D eigenvalue weighted by Gasteiger charge is -2.05. The molecular formula is C16H14N2. The molecule has 2 aromatic carbocycles. The number of nitrogens with zero attached hydrogens (tertiary/aromatic N) is 2. The van der Waals surface area contributed by atoms with Gasteiger partial charge in [0.15, 0.2) is 5.82 Å². The molecule has 0 saturated heterocycles. The Morgan fingerprint density at radius 1 is 0.889 bits per heavy atom. The van der Waals surface area contributed by atoms with E-state index in [-0.39, 0.29) is 0 Å². The van der Waals surface area contributed by atoms with Crippen LogP contribution in [0.25, 0.3) is 22.3 Å². The molecule has 0 N–H and O–H groups in total. The molecule has 0 saturated carbocycles. The second kappa shape index (κ2) is 4.22. The van der Waals surface area contributed by atoms with E-state index in [0.29, 0.717) is 0 Å². The first-order valence-corrected chi connectivity index (χ1v) is 6.03. The molecule has 0 radical (unpaired) electrons. The molecule has 0 aliphatic rings. The van der Waals surface area contributed by atoms with E-state index in [1.54, 1.807) is 0 Å². The lowest BCUT2D eigenvalue weighted by Crippen LogP contribution is -1.91. The Hall–Kier alpha value is -2.22. The summed E-state index contributed by atoms with van der Waals surface area (Å²) < 4.78 is 0. The van der Waals surface area contributed by atoms with Crippen LogP contribution in [0.15, 0.2) is 48.7 Å². The predicted octanol–water partition coefficient (Wildman–Crippen LogP) is 3.91. The molecule has 1 heterocycles. The first kappa shape index (κ1) is 10.9. The maximum Gasteiger partial charge on any atom is 0.159 e. The average molecular weight is 234 g/mol. The van der Waals surface area contributed by atoms with E-state index in [0.717, 1.165) is 22.3 Å². The van der Waals surface area contributed by atoms with Gasteiger partial charge in [0.05, 0.1) is 5.52 Å². The number of hydrogen-bond donors (Lipinski definition) is 0. The number of aromatic nitrogens is 2. The van der Waals surface area contributed by atoms with Crippen LogP contribution >= 0.6 is 0 Å². The fourth-order valence-corrected chi connectivity index (χ4v) is 2.22. The van der Waals surface area contributed by atoms with Crippen LogP contribution in [0.4, 0.5) is 0 Å². The van der Waals surface area contributed by atoms with Crippen LogP contribution in [0.5, 0.6) is 0 Å². The zero-order valence-corrected chi connectivity index (χ0v) is 10.5. The van der Waals surface area contributed by atoms with Crippen LogP contribution in [-0.2, 0) is 0 Å². The summed E-state index contributed by atoms with van der Waals surface area (Å²) in [5.41, 5.74) is 4.54. The van der Waals surface area contributed by atoms with Gasteiger partial charge < -0.3 is 0 Å². The van der Waals surface area contributed by atoms with Crippen LogP contribution in [-0.4, -0.2) is 9.97 Å². The summed E-state index contributed by atoms with van der Waals surface area (Å²) in [6.07, 6.45) is 1.88. The second-order valence-electron chi connectivity index (χ2n) is 4.63. The number of hydrogen-bond acceptors (Lipinski definition) is 2. The number of aryl methyl sites for hydroxylation is 2.